The third kappa shape index (κ3) is 1.21. The molecule has 2 aromatic heterocycles. The Morgan fingerprint density at radius 3 is 2.86 bits per heavy atom. The van der Waals surface area contributed by atoms with Gasteiger partial charge >= 0.3 is 5.97 Å². The van der Waals surface area contributed by atoms with Gasteiger partial charge in [0.1, 0.15) is 0 Å². The molecule has 0 spiro atoms. The monoisotopic (exact) mass is 192 g/mol. The van der Waals surface area contributed by atoms with Crippen LogP contribution in [0.25, 0.3) is 5.78 Å². The number of hydrogen-bond acceptors (Lipinski definition) is 4. The van der Waals surface area contributed by atoms with Crippen molar-refractivity contribution in [1.82, 2.24) is 14.4 Å². The van der Waals surface area contributed by atoms with Crippen LogP contribution in [0.15, 0.2) is 18.6 Å². The van der Waals surface area contributed by atoms with Crippen LogP contribution in [-0.4, -0.2) is 25.4 Å². The minimum absolute atomic E-state index is 0.116. The van der Waals surface area contributed by atoms with E-state index in [-0.39, 0.29) is 5.56 Å². The molecule has 0 aliphatic heterocycles. The first-order valence-electron chi connectivity index (χ1n) is 3.97. The molecule has 2 aromatic rings. The first kappa shape index (κ1) is 8.64. The SMILES string of the molecule is NCc1cnc2ncc(C(=O)O)cn12. The number of rotatable bonds is 2. The van der Waals surface area contributed by atoms with Gasteiger partial charge in [-0.3, -0.25) is 4.40 Å². The number of aromatic carboxylic acids is 1. The quantitative estimate of drug-likeness (QED) is 0.692. The lowest BCUT2D eigenvalue weighted by Gasteiger charge is -1.98. The Hall–Kier alpha value is -1.95. The van der Waals surface area contributed by atoms with E-state index in [1.165, 1.54) is 12.4 Å². The summed E-state index contributed by atoms with van der Waals surface area (Å²) >= 11 is 0. The number of carboxylic acids is 1. The predicted octanol–water partition coefficient (Wildman–Crippen LogP) is -0.114. The molecule has 72 valence electrons. The molecule has 2 heterocycles. The van der Waals surface area contributed by atoms with Crippen molar-refractivity contribution in [2.24, 2.45) is 5.73 Å². The maximum atomic E-state index is 10.7. The minimum atomic E-state index is -1.02. The number of nitrogens with two attached hydrogens (primary N) is 1. The molecule has 6 heteroatoms. The second kappa shape index (κ2) is 3.08. The van der Waals surface area contributed by atoms with Gasteiger partial charge in [-0.25, -0.2) is 14.8 Å². The topological polar surface area (TPSA) is 93.5 Å². The molecule has 14 heavy (non-hydrogen) atoms. The Morgan fingerprint density at radius 1 is 1.50 bits per heavy atom. The van der Waals surface area contributed by atoms with Gasteiger partial charge in [-0.2, -0.15) is 0 Å². The summed E-state index contributed by atoms with van der Waals surface area (Å²) in [5.41, 5.74) is 6.30. The highest BCUT2D eigenvalue weighted by Gasteiger charge is 2.07. The highest BCUT2D eigenvalue weighted by Crippen LogP contribution is 2.05. The zero-order valence-electron chi connectivity index (χ0n) is 7.21. The maximum Gasteiger partial charge on any atom is 0.338 e. The zero-order valence-corrected chi connectivity index (χ0v) is 7.21. The van der Waals surface area contributed by atoms with Crippen LogP contribution < -0.4 is 5.73 Å². The van der Waals surface area contributed by atoms with Crippen LogP contribution in [0.4, 0.5) is 0 Å². The van der Waals surface area contributed by atoms with Crippen molar-refractivity contribution in [3.63, 3.8) is 0 Å². The number of nitrogens with zero attached hydrogens (tertiary/aromatic N) is 3. The lowest BCUT2D eigenvalue weighted by Crippen LogP contribution is -2.05. The van der Waals surface area contributed by atoms with E-state index < -0.39 is 5.97 Å². The average Bonchev–Trinajstić information content (AvgIpc) is 2.59. The van der Waals surface area contributed by atoms with Gasteiger partial charge in [0, 0.05) is 18.9 Å². The van der Waals surface area contributed by atoms with E-state index in [1.54, 1.807) is 10.6 Å². The summed E-state index contributed by atoms with van der Waals surface area (Å²) in [5, 5.41) is 8.74. The Kier molecular flexibility index (Phi) is 1.90. The maximum absolute atomic E-state index is 10.7. The third-order valence-electron chi connectivity index (χ3n) is 1.90. The van der Waals surface area contributed by atoms with Crippen molar-refractivity contribution in [2.75, 3.05) is 0 Å². The number of aromatic nitrogens is 3. The highest BCUT2D eigenvalue weighted by atomic mass is 16.4. The van der Waals surface area contributed by atoms with Gasteiger partial charge in [-0.05, 0) is 0 Å². The van der Waals surface area contributed by atoms with Gasteiger partial charge in [0.15, 0.2) is 0 Å². The Balaban J connectivity index is 2.67. The molecule has 0 atom stereocenters. The predicted molar refractivity (Wildman–Crippen MR) is 47.8 cm³/mol. The van der Waals surface area contributed by atoms with Crippen LogP contribution in [0.5, 0.6) is 0 Å². The Morgan fingerprint density at radius 2 is 2.21 bits per heavy atom. The molecule has 0 unspecified atom stereocenters. The van der Waals surface area contributed by atoms with Gasteiger partial charge in [-0.15, -0.1) is 0 Å². The molecule has 2 rings (SSSR count). The Bertz CT molecular complexity index is 491. The third-order valence-corrected chi connectivity index (χ3v) is 1.90. The summed E-state index contributed by atoms with van der Waals surface area (Å²) in [5.74, 6) is -0.563. The summed E-state index contributed by atoms with van der Waals surface area (Å²) in [6.45, 7) is 0.298. The number of carbonyl (C=O) groups is 1. The zero-order chi connectivity index (χ0) is 10.1. The molecule has 0 aromatic carbocycles. The average molecular weight is 192 g/mol. The van der Waals surface area contributed by atoms with E-state index in [1.807, 2.05) is 0 Å². The van der Waals surface area contributed by atoms with Crippen molar-refractivity contribution < 1.29 is 9.90 Å². The number of carboxylic acid groups (broad SMARTS) is 1. The summed E-state index contributed by atoms with van der Waals surface area (Å²) in [6.07, 6.45) is 4.30. The molecule has 0 fully saturated rings. The highest BCUT2D eigenvalue weighted by molar-refractivity contribution is 5.87. The smallest absolute Gasteiger partial charge is 0.338 e. The molecule has 0 aliphatic carbocycles. The fraction of sp³-hybridized carbons (Fsp3) is 0.125. The summed E-state index contributed by atoms with van der Waals surface area (Å²) in [6, 6.07) is 0. The lowest BCUT2D eigenvalue weighted by atomic mass is 10.3. The number of hydrogen-bond donors (Lipinski definition) is 2. The van der Waals surface area contributed by atoms with Crippen LogP contribution in [-0.2, 0) is 6.54 Å². The fourth-order valence-corrected chi connectivity index (χ4v) is 1.18. The minimum Gasteiger partial charge on any atom is -0.478 e. The van der Waals surface area contributed by atoms with Crippen molar-refractivity contribution in [2.45, 2.75) is 6.54 Å². The van der Waals surface area contributed by atoms with Gasteiger partial charge in [0.25, 0.3) is 0 Å². The molecule has 0 saturated heterocycles. The van der Waals surface area contributed by atoms with Crippen LogP contribution in [0.3, 0.4) is 0 Å². The first-order valence-corrected chi connectivity index (χ1v) is 3.97. The summed E-state index contributed by atoms with van der Waals surface area (Å²) in [7, 11) is 0. The molecular weight excluding hydrogens is 184 g/mol. The molecule has 3 N–H and O–H groups in total. The molecular formula is C8H8N4O2. The van der Waals surface area contributed by atoms with Gasteiger partial charge in [0.2, 0.25) is 5.78 Å². The van der Waals surface area contributed by atoms with Crippen molar-refractivity contribution in [3.8, 4) is 0 Å². The molecule has 6 nitrogen and oxygen atoms in total. The van der Waals surface area contributed by atoms with E-state index in [4.69, 9.17) is 10.8 Å². The summed E-state index contributed by atoms with van der Waals surface area (Å²) in [4.78, 5) is 18.5. The van der Waals surface area contributed by atoms with Gasteiger partial charge in [-0.1, -0.05) is 0 Å². The summed E-state index contributed by atoms with van der Waals surface area (Å²) < 4.78 is 1.57. The first-order chi connectivity index (χ1) is 6.72. The fourth-order valence-electron chi connectivity index (χ4n) is 1.18. The standard InChI is InChI=1S/C8H8N4O2/c9-1-6-3-11-8-10-2-5(7(13)14)4-12(6)8/h2-4H,1,9H2,(H,13,14). The van der Waals surface area contributed by atoms with Gasteiger partial charge < -0.3 is 10.8 Å². The van der Waals surface area contributed by atoms with E-state index in [0.29, 0.717) is 12.3 Å². The molecule has 0 radical (unpaired) electrons. The molecule has 0 amide bonds. The second-order valence-corrected chi connectivity index (χ2v) is 2.77. The van der Waals surface area contributed by atoms with Gasteiger partial charge in [0.05, 0.1) is 17.5 Å². The van der Waals surface area contributed by atoms with Crippen LogP contribution in [0.1, 0.15) is 16.1 Å². The second-order valence-electron chi connectivity index (χ2n) is 2.77. The van der Waals surface area contributed by atoms with Crippen LogP contribution in [0, 0.1) is 0 Å². The molecule has 0 aliphatic rings. The number of imidazole rings is 1. The number of fused-ring (bicyclic) bond motifs is 1. The van der Waals surface area contributed by atoms with Crippen molar-refractivity contribution in [3.05, 3.63) is 29.8 Å². The van der Waals surface area contributed by atoms with Crippen LogP contribution >= 0.6 is 0 Å². The van der Waals surface area contributed by atoms with Crippen molar-refractivity contribution >= 4 is 11.7 Å². The largest absolute Gasteiger partial charge is 0.478 e. The van der Waals surface area contributed by atoms with E-state index in [0.717, 1.165) is 5.69 Å². The normalized spacial score (nSPS) is 10.6. The molecule has 0 bridgehead atoms. The van der Waals surface area contributed by atoms with E-state index >= 15 is 0 Å². The van der Waals surface area contributed by atoms with Crippen molar-refractivity contribution in [1.29, 1.82) is 0 Å². The van der Waals surface area contributed by atoms with Crippen LogP contribution in [0.2, 0.25) is 0 Å². The van der Waals surface area contributed by atoms with E-state index in [2.05, 4.69) is 9.97 Å². The van der Waals surface area contributed by atoms with E-state index in [9.17, 15) is 4.79 Å². The molecule has 0 saturated carbocycles. The lowest BCUT2D eigenvalue weighted by molar-refractivity contribution is 0.0696. The Labute approximate surface area is 79.0 Å².